The number of hydrogen-bond acceptors (Lipinski definition) is 4. The predicted octanol–water partition coefficient (Wildman–Crippen LogP) is 1.26. The summed E-state index contributed by atoms with van der Waals surface area (Å²) in [6.45, 7) is 4.77. The molecule has 22 heavy (non-hydrogen) atoms. The molecule has 8 heteroatoms. The van der Waals surface area contributed by atoms with Gasteiger partial charge in [0.2, 0.25) is 10.0 Å². The van der Waals surface area contributed by atoms with Crippen molar-refractivity contribution < 1.29 is 12.8 Å². The van der Waals surface area contributed by atoms with Crippen molar-refractivity contribution in [1.29, 1.82) is 0 Å². The largest absolute Gasteiger partial charge is 0.314 e. The van der Waals surface area contributed by atoms with Gasteiger partial charge < -0.3 is 5.32 Å². The first kappa shape index (κ1) is 16.3. The fourth-order valence-electron chi connectivity index (χ4n) is 3.06. The number of hydrogen-bond donors (Lipinski definition) is 1. The lowest BCUT2D eigenvalue weighted by atomic mass is 10.2. The van der Waals surface area contributed by atoms with E-state index in [0.29, 0.717) is 13.1 Å². The van der Waals surface area contributed by atoms with Crippen molar-refractivity contribution in [2.24, 2.45) is 0 Å². The lowest BCUT2D eigenvalue weighted by Crippen LogP contribution is -2.49. The Morgan fingerprint density at radius 1 is 1.23 bits per heavy atom. The third kappa shape index (κ3) is 3.21. The van der Waals surface area contributed by atoms with Gasteiger partial charge in [0.1, 0.15) is 5.82 Å². The molecule has 2 heterocycles. The lowest BCUT2D eigenvalue weighted by Gasteiger charge is -2.32. The van der Waals surface area contributed by atoms with Crippen LogP contribution in [0.15, 0.2) is 27.6 Å². The zero-order valence-electron chi connectivity index (χ0n) is 12.1. The molecule has 1 N–H and O–H groups in total. The molecule has 2 saturated heterocycles. The van der Waals surface area contributed by atoms with Gasteiger partial charge in [-0.05, 0) is 40.5 Å². The van der Waals surface area contributed by atoms with E-state index >= 15 is 0 Å². The molecule has 0 spiro atoms. The van der Waals surface area contributed by atoms with Crippen LogP contribution in [0.4, 0.5) is 4.39 Å². The Bertz CT molecular complexity index is 649. The second kappa shape index (κ2) is 6.52. The molecule has 5 nitrogen and oxygen atoms in total. The Hall–Kier alpha value is -0.540. The van der Waals surface area contributed by atoms with Gasteiger partial charge in [0.15, 0.2) is 0 Å². The molecule has 0 aromatic heterocycles. The van der Waals surface area contributed by atoms with Crippen LogP contribution in [0.1, 0.15) is 6.42 Å². The number of rotatable bonds is 3. The predicted molar refractivity (Wildman–Crippen MR) is 85.7 cm³/mol. The van der Waals surface area contributed by atoms with E-state index in [1.54, 1.807) is 0 Å². The van der Waals surface area contributed by atoms with Gasteiger partial charge in [-0.15, -0.1) is 0 Å². The number of sulfonamides is 1. The summed E-state index contributed by atoms with van der Waals surface area (Å²) in [4.78, 5) is 2.36. The zero-order valence-corrected chi connectivity index (χ0v) is 14.5. The average molecular weight is 392 g/mol. The maximum atomic E-state index is 13.6. The van der Waals surface area contributed by atoms with Crippen molar-refractivity contribution in [1.82, 2.24) is 14.5 Å². The molecule has 1 unspecified atom stereocenters. The van der Waals surface area contributed by atoms with Crippen LogP contribution in [0, 0.1) is 5.82 Å². The molecule has 1 atom stereocenters. The Balaban J connectivity index is 1.74. The van der Waals surface area contributed by atoms with Gasteiger partial charge in [0.25, 0.3) is 0 Å². The second-order valence-corrected chi connectivity index (χ2v) is 8.46. The molecular weight excluding hydrogens is 373 g/mol. The molecule has 122 valence electrons. The van der Waals surface area contributed by atoms with Crippen LogP contribution in [0.5, 0.6) is 0 Å². The topological polar surface area (TPSA) is 52.7 Å². The van der Waals surface area contributed by atoms with Gasteiger partial charge >= 0.3 is 0 Å². The summed E-state index contributed by atoms with van der Waals surface area (Å²) in [7, 11) is -3.62. The molecule has 3 rings (SSSR count). The van der Waals surface area contributed by atoms with E-state index in [9.17, 15) is 12.8 Å². The lowest BCUT2D eigenvalue weighted by molar-refractivity contribution is 0.179. The van der Waals surface area contributed by atoms with Crippen molar-refractivity contribution in [3.63, 3.8) is 0 Å². The third-order valence-corrected chi connectivity index (χ3v) is 6.83. The first-order valence-electron chi connectivity index (χ1n) is 7.38. The van der Waals surface area contributed by atoms with Crippen LogP contribution in [0.25, 0.3) is 0 Å². The monoisotopic (exact) mass is 391 g/mol. The van der Waals surface area contributed by atoms with Gasteiger partial charge in [-0.3, -0.25) is 4.90 Å². The molecule has 0 aliphatic carbocycles. The number of piperazine rings is 1. The first-order valence-corrected chi connectivity index (χ1v) is 9.62. The van der Waals surface area contributed by atoms with Crippen molar-refractivity contribution in [2.45, 2.75) is 17.4 Å². The molecule has 0 saturated carbocycles. The van der Waals surface area contributed by atoms with Crippen LogP contribution < -0.4 is 5.32 Å². The van der Waals surface area contributed by atoms with Crippen LogP contribution in [-0.2, 0) is 10.0 Å². The van der Waals surface area contributed by atoms with E-state index in [-0.39, 0.29) is 15.4 Å². The quantitative estimate of drug-likeness (QED) is 0.842. The highest BCUT2D eigenvalue weighted by molar-refractivity contribution is 9.10. The highest BCUT2D eigenvalue weighted by Gasteiger charge is 2.35. The molecule has 1 aromatic rings. The minimum Gasteiger partial charge on any atom is -0.314 e. The van der Waals surface area contributed by atoms with Gasteiger partial charge in [0, 0.05) is 45.3 Å². The van der Waals surface area contributed by atoms with E-state index in [1.165, 1.54) is 16.4 Å². The maximum Gasteiger partial charge on any atom is 0.243 e. The molecule has 2 aliphatic heterocycles. The minimum absolute atomic E-state index is 0.0224. The van der Waals surface area contributed by atoms with Crippen molar-refractivity contribution in [2.75, 3.05) is 39.3 Å². The molecule has 0 amide bonds. The van der Waals surface area contributed by atoms with E-state index < -0.39 is 15.8 Å². The summed E-state index contributed by atoms with van der Waals surface area (Å²) < 4.78 is 40.6. The molecule has 0 bridgehead atoms. The summed E-state index contributed by atoms with van der Waals surface area (Å²) in [5.74, 6) is -0.557. The zero-order chi connectivity index (χ0) is 15.7. The molecular formula is C14H19BrFN3O2S. The minimum atomic E-state index is -3.62. The van der Waals surface area contributed by atoms with Crippen LogP contribution in [0.2, 0.25) is 0 Å². The molecule has 1 aromatic carbocycles. The summed E-state index contributed by atoms with van der Waals surface area (Å²) in [5.41, 5.74) is 0. The SMILES string of the molecule is O=S(=O)(c1ccc(Br)c(F)c1)N1CCC(N2CCNCC2)C1. The van der Waals surface area contributed by atoms with Gasteiger partial charge in [-0.25, -0.2) is 12.8 Å². The Kier molecular flexibility index (Phi) is 4.84. The number of nitrogens with one attached hydrogen (secondary N) is 1. The van der Waals surface area contributed by atoms with E-state index in [0.717, 1.165) is 38.7 Å². The van der Waals surface area contributed by atoms with Crippen molar-refractivity contribution in [3.8, 4) is 0 Å². The van der Waals surface area contributed by atoms with E-state index in [2.05, 4.69) is 26.1 Å². The first-order chi connectivity index (χ1) is 10.5. The van der Waals surface area contributed by atoms with Crippen LogP contribution >= 0.6 is 15.9 Å². The van der Waals surface area contributed by atoms with Crippen LogP contribution in [0.3, 0.4) is 0 Å². The summed E-state index contributed by atoms with van der Waals surface area (Å²) in [6, 6.07) is 4.22. The second-order valence-electron chi connectivity index (χ2n) is 5.67. The number of benzene rings is 1. The fourth-order valence-corrected chi connectivity index (χ4v) is 4.81. The Morgan fingerprint density at radius 3 is 2.64 bits per heavy atom. The number of halogens is 2. The maximum absolute atomic E-state index is 13.6. The number of nitrogens with zero attached hydrogens (tertiary/aromatic N) is 2. The average Bonchev–Trinajstić information content (AvgIpc) is 3.01. The van der Waals surface area contributed by atoms with E-state index in [1.807, 2.05) is 0 Å². The van der Waals surface area contributed by atoms with Gasteiger partial charge in [0.05, 0.1) is 9.37 Å². The van der Waals surface area contributed by atoms with E-state index in [4.69, 9.17) is 0 Å². The van der Waals surface area contributed by atoms with Crippen molar-refractivity contribution in [3.05, 3.63) is 28.5 Å². The molecule has 2 fully saturated rings. The van der Waals surface area contributed by atoms with Crippen LogP contribution in [-0.4, -0.2) is 62.9 Å². The summed E-state index contributed by atoms with van der Waals surface area (Å²) in [6.07, 6.45) is 0.832. The Labute approximate surface area is 138 Å². The third-order valence-electron chi connectivity index (χ3n) is 4.32. The fraction of sp³-hybridized carbons (Fsp3) is 0.571. The highest BCUT2D eigenvalue weighted by Crippen LogP contribution is 2.26. The molecule has 0 radical (unpaired) electrons. The molecule has 2 aliphatic rings. The highest BCUT2D eigenvalue weighted by atomic mass is 79.9. The van der Waals surface area contributed by atoms with Gasteiger partial charge in [-0.1, -0.05) is 0 Å². The van der Waals surface area contributed by atoms with Gasteiger partial charge in [-0.2, -0.15) is 4.31 Å². The Morgan fingerprint density at radius 2 is 1.95 bits per heavy atom. The summed E-state index contributed by atoms with van der Waals surface area (Å²) in [5, 5.41) is 3.30. The summed E-state index contributed by atoms with van der Waals surface area (Å²) >= 11 is 3.05. The smallest absolute Gasteiger partial charge is 0.243 e. The normalized spacial score (nSPS) is 24.7. The standard InChI is InChI=1S/C14H19BrFN3O2S/c15-13-2-1-12(9-14(13)16)22(20,21)19-6-3-11(10-19)18-7-4-17-5-8-18/h1-2,9,11,17H,3-8,10H2. The van der Waals surface area contributed by atoms with Crippen molar-refractivity contribution >= 4 is 26.0 Å².